The zero-order chi connectivity index (χ0) is 16.4. The van der Waals surface area contributed by atoms with E-state index in [0.717, 1.165) is 10.9 Å². The zero-order valence-electron chi connectivity index (χ0n) is 11.3. The molecule has 11 heteroatoms. The molecule has 7 N–H and O–H groups in total. The Morgan fingerprint density at radius 2 is 2.09 bits per heavy atom. The van der Waals surface area contributed by atoms with Gasteiger partial charge in [-0.05, 0) is 0 Å². The van der Waals surface area contributed by atoms with Crippen molar-refractivity contribution in [2.45, 2.75) is 24.5 Å². The van der Waals surface area contributed by atoms with Gasteiger partial charge in [0.1, 0.15) is 31.2 Å². The van der Waals surface area contributed by atoms with Crippen molar-refractivity contribution in [2.24, 2.45) is 11.5 Å². The number of imidazole rings is 1. The third kappa shape index (κ3) is 2.87. The Kier molecular flexibility index (Phi) is 4.61. The number of primary amides is 1. The quantitative estimate of drug-likeness (QED) is 0.349. The van der Waals surface area contributed by atoms with Gasteiger partial charge in [0.05, 0.1) is 6.54 Å². The monoisotopic (exact) mass is 316 g/mol. The lowest BCUT2D eigenvalue weighted by Gasteiger charge is -2.16. The van der Waals surface area contributed by atoms with E-state index in [2.05, 4.69) is 4.98 Å². The molecule has 1 amide bonds. The summed E-state index contributed by atoms with van der Waals surface area (Å²) >= 11 is 0. The molecule has 2 heterocycles. The van der Waals surface area contributed by atoms with Crippen LogP contribution in [0, 0.1) is 0 Å². The van der Waals surface area contributed by atoms with Crippen molar-refractivity contribution < 1.29 is 34.4 Å². The molecule has 1 aromatic rings. The molecular formula is C11H16N4O7. The highest BCUT2D eigenvalue weighted by molar-refractivity contribution is 5.93. The first-order valence-electron chi connectivity index (χ1n) is 6.29. The van der Waals surface area contributed by atoms with Crippen LogP contribution in [0.3, 0.4) is 0 Å². The van der Waals surface area contributed by atoms with Crippen LogP contribution in [0.25, 0.3) is 0 Å². The van der Waals surface area contributed by atoms with Gasteiger partial charge in [0.25, 0.3) is 5.91 Å². The summed E-state index contributed by atoms with van der Waals surface area (Å²) in [6.07, 6.45) is -4.05. The van der Waals surface area contributed by atoms with E-state index in [0.29, 0.717) is 0 Å². The Labute approximate surface area is 124 Å². The van der Waals surface area contributed by atoms with Crippen LogP contribution in [0.1, 0.15) is 16.7 Å². The fourth-order valence-electron chi connectivity index (χ4n) is 2.05. The molecule has 0 aromatic carbocycles. The Hall–Kier alpha value is -2.21. The van der Waals surface area contributed by atoms with E-state index in [-0.39, 0.29) is 13.2 Å². The first-order chi connectivity index (χ1) is 10.4. The summed E-state index contributed by atoms with van der Waals surface area (Å²) < 4.78 is 11.0. The predicted molar refractivity (Wildman–Crippen MR) is 68.3 cm³/mol. The molecule has 1 saturated heterocycles. The number of esters is 1. The molecule has 1 unspecified atom stereocenters. The summed E-state index contributed by atoms with van der Waals surface area (Å²) in [5.74, 6) is -2.27. The molecule has 22 heavy (non-hydrogen) atoms. The highest BCUT2D eigenvalue weighted by Crippen LogP contribution is 2.33. The van der Waals surface area contributed by atoms with Crippen molar-refractivity contribution in [3.63, 3.8) is 0 Å². The van der Waals surface area contributed by atoms with E-state index in [1.165, 1.54) is 0 Å². The molecule has 1 aliphatic heterocycles. The molecule has 0 spiro atoms. The van der Waals surface area contributed by atoms with Crippen molar-refractivity contribution in [1.29, 1.82) is 0 Å². The normalized spacial score (nSPS) is 27.8. The average molecular weight is 316 g/mol. The van der Waals surface area contributed by atoms with Gasteiger partial charge < -0.3 is 36.3 Å². The zero-order valence-corrected chi connectivity index (χ0v) is 11.3. The molecular weight excluding hydrogens is 300 g/mol. The van der Waals surface area contributed by atoms with Crippen LogP contribution in [0.4, 0.5) is 0 Å². The number of carbonyl (C=O) groups is 2. The standard InChI is InChI=1S/C11H16N4O7/c12-1-5(16)21-2-4-7(17)8(18)11(22-4)15-3-14-6(9(13)19)10(15)20/h3-4,7-8,11,17-18,20H,1-2,12H2,(H2,13,19)/t4-,7?,8-,11-/m1/s1. The summed E-state index contributed by atoms with van der Waals surface area (Å²) in [7, 11) is 0. The highest BCUT2D eigenvalue weighted by Gasteiger charge is 2.45. The predicted octanol–water partition coefficient (Wildman–Crippen LogP) is -3.19. The topological polar surface area (TPSA) is 183 Å². The Morgan fingerprint density at radius 3 is 2.64 bits per heavy atom. The van der Waals surface area contributed by atoms with E-state index in [1.54, 1.807) is 0 Å². The number of ether oxygens (including phenoxy) is 2. The minimum absolute atomic E-state index is 0.330. The summed E-state index contributed by atoms with van der Waals surface area (Å²) in [5.41, 5.74) is 9.69. The van der Waals surface area contributed by atoms with Gasteiger partial charge in [0.2, 0.25) is 5.88 Å². The lowest BCUT2D eigenvalue weighted by Crippen LogP contribution is -2.35. The summed E-state index contributed by atoms with van der Waals surface area (Å²) in [5, 5.41) is 29.7. The molecule has 122 valence electrons. The number of nitrogens with two attached hydrogens (primary N) is 2. The lowest BCUT2D eigenvalue weighted by molar-refractivity contribution is -0.148. The van der Waals surface area contributed by atoms with Crippen LogP contribution in [0.2, 0.25) is 0 Å². The maximum Gasteiger partial charge on any atom is 0.319 e. The van der Waals surface area contributed by atoms with Crippen molar-refractivity contribution in [1.82, 2.24) is 9.55 Å². The van der Waals surface area contributed by atoms with Crippen molar-refractivity contribution in [3.8, 4) is 5.88 Å². The second-order valence-electron chi connectivity index (χ2n) is 4.62. The number of nitrogens with zero attached hydrogens (tertiary/aromatic N) is 2. The molecule has 1 fully saturated rings. The molecule has 1 aliphatic rings. The summed E-state index contributed by atoms with van der Waals surface area (Å²) in [6.45, 7) is -0.665. The first kappa shape index (κ1) is 16.2. The second kappa shape index (κ2) is 6.27. The van der Waals surface area contributed by atoms with Gasteiger partial charge in [0.15, 0.2) is 11.9 Å². The van der Waals surface area contributed by atoms with Gasteiger partial charge >= 0.3 is 5.97 Å². The summed E-state index contributed by atoms with van der Waals surface area (Å²) in [4.78, 5) is 25.6. The fourth-order valence-corrected chi connectivity index (χ4v) is 2.05. The van der Waals surface area contributed by atoms with Crippen molar-refractivity contribution >= 4 is 11.9 Å². The van der Waals surface area contributed by atoms with E-state index in [4.69, 9.17) is 20.9 Å². The van der Waals surface area contributed by atoms with Gasteiger partial charge in [0, 0.05) is 0 Å². The minimum Gasteiger partial charge on any atom is -0.493 e. The number of aromatic nitrogens is 2. The smallest absolute Gasteiger partial charge is 0.319 e. The third-order valence-electron chi connectivity index (χ3n) is 3.19. The molecule has 2 rings (SSSR count). The largest absolute Gasteiger partial charge is 0.493 e. The molecule has 1 aromatic heterocycles. The minimum atomic E-state index is -1.44. The number of hydrogen-bond acceptors (Lipinski definition) is 9. The van der Waals surface area contributed by atoms with E-state index < -0.39 is 48.0 Å². The molecule has 0 aliphatic carbocycles. The molecule has 4 atom stereocenters. The SMILES string of the molecule is NCC(=O)OC[C@H]1O[C@@H](n2cnc(C(N)=O)c2O)[C@H](O)C1O. The Bertz CT molecular complexity index is 575. The number of carbonyl (C=O) groups excluding carboxylic acids is 2. The first-order valence-corrected chi connectivity index (χ1v) is 6.29. The van der Waals surface area contributed by atoms with E-state index in [9.17, 15) is 24.9 Å². The number of rotatable bonds is 5. The van der Waals surface area contributed by atoms with Crippen LogP contribution in [-0.4, -0.2) is 68.2 Å². The van der Waals surface area contributed by atoms with Gasteiger partial charge in [-0.15, -0.1) is 0 Å². The molecule has 0 saturated carbocycles. The second-order valence-corrected chi connectivity index (χ2v) is 4.62. The molecule has 0 radical (unpaired) electrons. The molecule has 11 nitrogen and oxygen atoms in total. The Balaban J connectivity index is 2.13. The maximum absolute atomic E-state index is 11.0. The number of aliphatic hydroxyl groups is 2. The Morgan fingerprint density at radius 1 is 1.41 bits per heavy atom. The number of aromatic hydroxyl groups is 1. The van der Waals surface area contributed by atoms with Crippen molar-refractivity contribution in [3.05, 3.63) is 12.0 Å². The third-order valence-corrected chi connectivity index (χ3v) is 3.19. The highest BCUT2D eigenvalue weighted by atomic mass is 16.6. The summed E-state index contributed by atoms with van der Waals surface area (Å²) in [6, 6.07) is 0. The van der Waals surface area contributed by atoms with Gasteiger partial charge in [-0.3, -0.25) is 14.2 Å². The average Bonchev–Trinajstić information content (AvgIpc) is 2.99. The van der Waals surface area contributed by atoms with E-state index in [1.807, 2.05) is 0 Å². The van der Waals surface area contributed by atoms with Gasteiger partial charge in [-0.1, -0.05) is 0 Å². The van der Waals surface area contributed by atoms with Crippen LogP contribution in [0.5, 0.6) is 5.88 Å². The number of amides is 1. The number of hydrogen-bond donors (Lipinski definition) is 5. The van der Waals surface area contributed by atoms with Crippen LogP contribution < -0.4 is 11.5 Å². The van der Waals surface area contributed by atoms with Gasteiger partial charge in [-0.25, -0.2) is 4.98 Å². The maximum atomic E-state index is 11.0. The van der Waals surface area contributed by atoms with Crippen LogP contribution in [-0.2, 0) is 14.3 Å². The van der Waals surface area contributed by atoms with E-state index >= 15 is 0 Å². The lowest BCUT2D eigenvalue weighted by atomic mass is 10.1. The molecule has 0 bridgehead atoms. The number of aliphatic hydroxyl groups excluding tert-OH is 2. The van der Waals surface area contributed by atoms with Crippen LogP contribution in [0.15, 0.2) is 6.33 Å². The van der Waals surface area contributed by atoms with Gasteiger partial charge in [-0.2, -0.15) is 0 Å². The van der Waals surface area contributed by atoms with Crippen LogP contribution >= 0.6 is 0 Å². The fraction of sp³-hybridized carbons (Fsp3) is 0.545. The van der Waals surface area contributed by atoms with Crippen molar-refractivity contribution in [2.75, 3.05) is 13.2 Å².